The number of pyridine rings is 1. The number of rotatable bonds is 1. The van der Waals surface area contributed by atoms with Gasteiger partial charge >= 0.3 is 0 Å². The molecule has 0 spiro atoms. The van der Waals surface area contributed by atoms with Crippen molar-refractivity contribution in [2.75, 3.05) is 11.9 Å². The van der Waals surface area contributed by atoms with Crippen LogP contribution < -0.4 is 10.7 Å². The number of nitriles is 1. The molecule has 0 radical (unpaired) electrons. The van der Waals surface area contributed by atoms with Crippen molar-refractivity contribution in [2.24, 2.45) is 0 Å². The van der Waals surface area contributed by atoms with E-state index in [2.05, 4.69) is 47.1 Å². The van der Waals surface area contributed by atoms with E-state index in [0.717, 1.165) is 41.1 Å². The maximum absolute atomic E-state index is 13.1. The van der Waals surface area contributed by atoms with Crippen molar-refractivity contribution >= 4 is 27.2 Å². The van der Waals surface area contributed by atoms with E-state index in [-0.39, 0.29) is 5.43 Å². The lowest BCUT2D eigenvalue weighted by Crippen LogP contribution is -2.13. The number of hydrogen-bond donors (Lipinski definition) is 1. The number of nitrogens with zero attached hydrogens (tertiary/aromatic N) is 2. The maximum Gasteiger partial charge on any atom is 0.207 e. The fourth-order valence-electron chi connectivity index (χ4n) is 3.82. The van der Waals surface area contributed by atoms with Crippen LogP contribution in [-0.2, 0) is 6.54 Å². The SMILES string of the molecule is Cc1ccc(-c2cc3c(C#N)c4ccsc4c(=O)c-3c3n2CCN3)cc1. The fourth-order valence-corrected chi connectivity index (χ4v) is 4.67. The molecule has 1 N–H and O–H groups in total. The Morgan fingerprint density at radius 3 is 2.81 bits per heavy atom. The van der Waals surface area contributed by atoms with Gasteiger partial charge in [-0.15, -0.1) is 11.3 Å². The highest BCUT2D eigenvalue weighted by Crippen LogP contribution is 2.40. The molecule has 2 aliphatic heterocycles. The molecule has 0 unspecified atom stereocenters. The number of aryl methyl sites for hydroxylation is 1. The Bertz CT molecular complexity index is 1240. The van der Waals surface area contributed by atoms with Crippen molar-refractivity contribution in [1.29, 1.82) is 5.26 Å². The van der Waals surface area contributed by atoms with Crippen LogP contribution in [0.25, 0.3) is 32.5 Å². The topological polar surface area (TPSA) is 57.8 Å². The molecule has 4 nitrogen and oxygen atoms in total. The van der Waals surface area contributed by atoms with Crippen LogP contribution in [0.2, 0.25) is 0 Å². The molecule has 26 heavy (non-hydrogen) atoms. The first-order chi connectivity index (χ1) is 12.7. The minimum Gasteiger partial charge on any atom is -0.369 e. The molecule has 1 aromatic carbocycles. The molecule has 5 rings (SSSR count). The first-order valence-electron chi connectivity index (χ1n) is 8.51. The molecule has 3 aliphatic rings. The summed E-state index contributed by atoms with van der Waals surface area (Å²) in [4.78, 5) is 13.1. The average Bonchev–Trinajstić information content (AvgIpc) is 3.31. The third-order valence-electron chi connectivity index (χ3n) is 5.07. The molecule has 0 atom stereocenters. The number of fused-ring (bicyclic) bond motifs is 4. The summed E-state index contributed by atoms with van der Waals surface area (Å²) in [5.41, 5.74) is 5.28. The van der Waals surface area contributed by atoms with Crippen molar-refractivity contribution in [3.05, 3.63) is 63.1 Å². The lowest BCUT2D eigenvalue weighted by Gasteiger charge is -2.19. The number of hydrogen-bond acceptors (Lipinski definition) is 4. The molecule has 0 saturated carbocycles. The zero-order chi connectivity index (χ0) is 17.8. The Morgan fingerprint density at radius 2 is 2.04 bits per heavy atom. The molecule has 0 bridgehead atoms. The van der Waals surface area contributed by atoms with Gasteiger partial charge in [0.05, 0.1) is 21.5 Å². The molecule has 5 heteroatoms. The van der Waals surface area contributed by atoms with Gasteiger partial charge in [0, 0.05) is 24.0 Å². The zero-order valence-electron chi connectivity index (χ0n) is 14.2. The fraction of sp³-hybridized carbons (Fsp3) is 0.143. The van der Waals surface area contributed by atoms with E-state index in [9.17, 15) is 10.1 Å². The van der Waals surface area contributed by atoms with Crippen molar-refractivity contribution < 1.29 is 0 Å². The summed E-state index contributed by atoms with van der Waals surface area (Å²) >= 11 is 1.41. The van der Waals surface area contributed by atoms with Crippen LogP contribution in [-0.4, -0.2) is 11.1 Å². The molecular formula is C21H15N3OS. The first-order valence-corrected chi connectivity index (χ1v) is 9.38. The highest BCUT2D eigenvalue weighted by atomic mass is 32.1. The second-order valence-corrected chi connectivity index (χ2v) is 7.51. The Hall–Kier alpha value is -3.10. The van der Waals surface area contributed by atoms with Crippen LogP contribution in [0.1, 0.15) is 11.1 Å². The molecule has 1 aliphatic carbocycles. The lowest BCUT2D eigenvalue weighted by atomic mass is 9.93. The predicted octanol–water partition coefficient (Wildman–Crippen LogP) is 4.44. The van der Waals surface area contributed by atoms with Gasteiger partial charge in [-0.3, -0.25) is 4.79 Å². The minimum absolute atomic E-state index is 0.0117. The van der Waals surface area contributed by atoms with Crippen molar-refractivity contribution in [2.45, 2.75) is 13.5 Å². The normalized spacial score (nSPS) is 12.9. The lowest BCUT2D eigenvalue weighted by molar-refractivity contribution is 0.810. The Morgan fingerprint density at radius 1 is 1.23 bits per heavy atom. The monoisotopic (exact) mass is 357 g/mol. The Kier molecular flexibility index (Phi) is 3.18. The van der Waals surface area contributed by atoms with Crippen molar-refractivity contribution in [1.82, 2.24) is 4.57 Å². The highest BCUT2D eigenvalue weighted by Gasteiger charge is 2.27. The van der Waals surface area contributed by atoms with Gasteiger partial charge in [0.25, 0.3) is 0 Å². The predicted molar refractivity (Wildman–Crippen MR) is 106 cm³/mol. The Labute approximate surface area is 154 Å². The van der Waals surface area contributed by atoms with Crippen LogP contribution >= 0.6 is 11.3 Å². The smallest absolute Gasteiger partial charge is 0.207 e. The van der Waals surface area contributed by atoms with Gasteiger partial charge in [-0.25, -0.2) is 0 Å². The van der Waals surface area contributed by atoms with Crippen LogP contribution in [0, 0.1) is 18.3 Å². The Balaban J connectivity index is 1.97. The first kappa shape index (κ1) is 15.2. The third-order valence-corrected chi connectivity index (χ3v) is 5.99. The number of anilines is 1. The van der Waals surface area contributed by atoms with E-state index >= 15 is 0 Å². The van der Waals surface area contributed by atoms with E-state index in [4.69, 9.17) is 0 Å². The summed E-state index contributed by atoms with van der Waals surface area (Å²) in [7, 11) is 0. The standard InChI is InChI=1S/C21H15N3OS/c1-12-2-4-13(5-3-12)17-10-15-16(11-22)14-6-9-26-20(14)19(25)18(15)21-23-7-8-24(17)21/h2-6,9-10,23H,7-8H2,1H3. The van der Waals surface area contributed by atoms with Crippen LogP contribution in [0.5, 0.6) is 0 Å². The van der Waals surface area contributed by atoms with Crippen LogP contribution in [0.4, 0.5) is 5.82 Å². The van der Waals surface area contributed by atoms with Gasteiger partial charge in [0.1, 0.15) is 11.9 Å². The minimum atomic E-state index is 0.0117. The van der Waals surface area contributed by atoms with E-state index in [0.29, 0.717) is 15.8 Å². The van der Waals surface area contributed by atoms with E-state index < -0.39 is 0 Å². The molecule has 0 saturated heterocycles. The van der Waals surface area contributed by atoms with Gasteiger partial charge in [0.15, 0.2) is 0 Å². The summed E-state index contributed by atoms with van der Waals surface area (Å²) in [6.07, 6.45) is 0. The summed E-state index contributed by atoms with van der Waals surface area (Å²) in [5.74, 6) is 0.829. The molecule has 0 amide bonds. The molecular weight excluding hydrogens is 342 g/mol. The molecule has 3 heterocycles. The largest absolute Gasteiger partial charge is 0.369 e. The van der Waals surface area contributed by atoms with Gasteiger partial charge in [-0.2, -0.15) is 5.26 Å². The second kappa shape index (κ2) is 5.45. The molecule has 2 aromatic rings. The van der Waals surface area contributed by atoms with Crippen molar-refractivity contribution in [3.63, 3.8) is 0 Å². The molecule has 0 fully saturated rings. The highest BCUT2D eigenvalue weighted by molar-refractivity contribution is 7.17. The van der Waals surface area contributed by atoms with Crippen LogP contribution in [0.15, 0.2) is 46.6 Å². The summed E-state index contributed by atoms with van der Waals surface area (Å²) in [6, 6.07) is 14.6. The second-order valence-electron chi connectivity index (χ2n) is 6.59. The quantitative estimate of drug-likeness (QED) is 0.548. The summed E-state index contributed by atoms with van der Waals surface area (Å²) in [5, 5.41) is 15.8. The van der Waals surface area contributed by atoms with Gasteiger partial charge in [-0.1, -0.05) is 29.8 Å². The zero-order valence-corrected chi connectivity index (χ0v) is 15.0. The third kappa shape index (κ3) is 1.97. The molecule has 126 valence electrons. The average molecular weight is 357 g/mol. The maximum atomic E-state index is 13.1. The number of aromatic nitrogens is 1. The van der Waals surface area contributed by atoms with Gasteiger partial charge < -0.3 is 9.88 Å². The van der Waals surface area contributed by atoms with E-state index in [1.807, 2.05) is 17.5 Å². The van der Waals surface area contributed by atoms with E-state index in [1.54, 1.807) is 0 Å². The summed E-state index contributed by atoms with van der Waals surface area (Å²) < 4.78 is 2.82. The molecule has 1 aromatic heterocycles. The number of nitrogens with one attached hydrogen (secondary N) is 1. The summed E-state index contributed by atoms with van der Waals surface area (Å²) in [6.45, 7) is 3.65. The van der Waals surface area contributed by atoms with Crippen molar-refractivity contribution in [3.8, 4) is 28.5 Å². The van der Waals surface area contributed by atoms with Gasteiger partial charge in [-0.05, 0) is 30.0 Å². The van der Waals surface area contributed by atoms with Gasteiger partial charge in [0.2, 0.25) is 5.43 Å². The number of benzene rings is 2. The van der Waals surface area contributed by atoms with E-state index in [1.165, 1.54) is 16.9 Å². The number of thiophene rings is 1. The van der Waals surface area contributed by atoms with Crippen LogP contribution in [0.3, 0.4) is 0 Å².